The van der Waals surface area contributed by atoms with Gasteiger partial charge in [0.2, 0.25) is 0 Å². The molecule has 0 unspecified atom stereocenters. The second-order valence-electron chi connectivity index (χ2n) is 4.53. The fourth-order valence-electron chi connectivity index (χ4n) is 1.84. The van der Waals surface area contributed by atoms with Gasteiger partial charge in [-0.3, -0.25) is 0 Å². The van der Waals surface area contributed by atoms with E-state index in [0.29, 0.717) is 0 Å². The van der Waals surface area contributed by atoms with Crippen molar-refractivity contribution < 1.29 is 14.6 Å². The molecule has 0 radical (unpaired) electrons. The lowest BCUT2D eigenvalue weighted by atomic mass is 10.1. The van der Waals surface area contributed by atoms with E-state index in [9.17, 15) is 0 Å². The van der Waals surface area contributed by atoms with Crippen LogP contribution in [0.4, 0.5) is 0 Å². The summed E-state index contributed by atoms with van der Waals surface area (Å²) in [5.74, 6) is 2.38. The summed E-state index contributed by atoms with van der Waals surface area (Å²) in [7, 11) is 1.66. The molecular formula is C14H20O3. The van der Waals surface area contributed by atoms with Crippen molar-refractivity contribution in [3.63, 3.8) is 0 Å². The monoisotopic (exact) mass is 236 g/mol. The lowest BCUT2D eigenvalue weighted by Gasteiger charge is -2.14. The number of rotatable bonds is 7. The minimum absolute atomic E-state index is 0.208. The molecule has 1 aliphatic carbocycles. The Morgan fingerprint density at radius 1 is 1.35 bits per heavy atom. The molecular weight excluding hydrogens is 216 g/mol. The van der Waals surface area contributed by atoms with Crippen LogP contribution in [0.3, 0.4) is 0 Å². The Labute approximate surface area is 102 Å². The third kappa shape index (κ3) is 3.37. The van der Waals surface area contributed by atoms with E-state index in [1.807, 2.05) is 18.2 Å². The van der Waals surface area contributed by atoms with Crippen LogP contribution in [-0.2, 0) is 6.42 Å². The van der Waals surface area contributed by atoms with E-state index < -0.39 is 0 Å². The summed E-state index contributed by atoms with van der Waals surface area (Å²) in [4.78, 5) is 0. The predicted molar refractivity (Wildman–Crippen MR) is 66.6 cm³/mol. The summed E-state index contributed by atoms with van der Waals surface area (Å²) in [6.45, 7) is 0.992. The number of hydrogen-bond donors (Lipinski definition) is 1. The fourth-order valence-corrected chi connectivity index (χ4v) is 1.84. The fraction of sp³-hybridized carbons (Fsp3) is 0.571. The van der Waals surface area contributed by atoms with Gasteiger partial charge in [0.05, 0.1) is 13.7 Å². The van der Waals surface area contributed by atoms with E-state index in [2.05, 4.69) is 0 Å². The second-order valence-corrected chi connectivity index (χ2v) is 4.53. The molecule has 0 aliphatic heterocycles. The first-order chi connectivity index (χ1) is 8.35. The summed E-state index contributed by atoms with van der Waals surface area (Å²) < 4.78 is 11.2. The first-order valence-corrected chi connectivity index (χ1v) is 6.24. The Balaban J connectivity index is 2.09. The van der Waals surface area contributed by atoms with Crippen LogP contribution >= 0.6 is 0 Å². The van der Waals surface area contributed by atoms with Crippen LogP contribution in [0.2, 0.25) is 0 Å². The van der Waals surface area contributed by atoms with E-state index in [0.717, 1.165) is 42.4 Å². The molecule has 0 spiro atoms. The molecule has 0 bridgehead atoms. The zero-order valence-corrected chi connectivity index (χ0v) is 10.3. The second kappa shape index (κ2) is 5.92. The zero-order valence-electron chi connectivity index (χ0n) is 10.3. The number of hydrogen-bond acceptors (Lipinski definition) is 3. The van der Waals surface area contributed by atoms with Crippen molar-refractivity contribution in [2.75, 3.05) is 20.3 Å². The number of aliphatic hydroxyl groups excluding tert-OH is 1. The van der Waals surface area contributed by atoms with Crippen molar-refractivity contribution in [1.29, 1.82) is 0 Å². The van der Waals surface area contributed by atoms with Gasteiger partial charge >= 0.3 is 0 Å². The molecule has 0 saturated heterocycles. The van der Waals surface area contributed by atoms with E-state index in [1.165, 1.54) is 12.8 Å². The lowest BCUT2D eigenvalue weighted by Crippen LogP contribution is -2.04. The van der Waals surface area contributed by atoms with Gasteiger partial charge in [-0.25, -0.2) is 0 Å². The summed E-state index contributed by atoms with van der Waals surface area (Å²) in [6, 6.07) is 5.93. The van der Waals surface area contributed by atoms with Crippen molar-refractivity contribution >= 4 is 0 Å². The largest absolute Gasteiger partial charge is 0.493 e. The topological polar surface area (TPSA) is 38.7 Å². The Morgan fingerprint density at radius 3 is 2.82 bits per heavy atom. The van der Waals surface area contributed by atoms with Gasteiger partial charge < -0.3 is 14.6 Å². The van der Waals surface area contributed by atoms with Gasteiger partial charge in [-0.05, 0) is 43.2 Å². The molecule has 94 valence electrons. The number of benzene rings is 1. The van der Waals surface area contributed by atoms with Crippen LogP contribution in [-0.4, -0.2) is 25.4 Å². The maximum absolute atomic E-state index is 8.90. The first-order valence-electron chi connectivity index (χ1n) is 6.24. The van der Waals surface area contributed by atoms with Gasteiger partial charge in [0.15, 0.2) is 11.5 Å². The van der Waals surface area contributed by atoms with Crippen molar-refractivity contribution in [3.8, 4) is 11.5 Å². The molecule has 17 heavy (non-hydrogen) atoms. The highest BCUT2D eigenvalue weighted by atomic mass is 16.5. The molecule has 3 heteroatoms. The summed E-state index contributed by atoms with van der Waals surface area (Å²) in [5.41, 5.74) is 1.12. The summed E-state index contributed by atoms with van der Waals surface area (Å²) in [6.07, 6.45) is 4.14. The highest BCUT2D eigenvalue weighted by Crippen LogP contribution is 2.35. The molecule has 0 amide bonds. The van der Waals surface area contributed by atoms with Gasteiger partial charge in [-0.2, -0.15) is 0 Å². The third-order valence-electron chi connectivity index (χ3n) is 3.04. The molecule has 0 heterocycles. The summed E-state index contributed by atoms with van der Waals surface area (Å²) in [5, 5.41) is 8.90. The van der Waals surface area contributed by atoms with Crippen LogP contribution in [0.25, 0.3) is 0 Å². The Kier molecular flexibility index (Phi) is 4.26. The highest BCUT2D eigenvalue weighted by molar-refractivity contribution is 5.46. The minimum Gasteiger partial charge on any atom is -0.493 e. The van der Waals surface area contributed by atoms with Gasteiger partial charge in [-0.15, -0.1) is 0 Å². The SMILES string of the molecule is COc1cccc(CCCO)c1OCC1CC1. The normalized spacial score (nSPS) is 14.7. The molecule has 3 nitrogen and oxygen atoms in total. The predicted octanol–water partition coefficient (Wildman–Crippen LogP) is 2.41. The van der Waals surface area contributed by atoms with Crippen molar-refractivity contribution in [1.82, 2.24) is 0 Å². The highest BCUT2D eigenvalue weighted by Gasteiger charge is 2.23. The Morgan fingerprint density at radius 2 is 2.18 bits per heavy atom. The van der Waals surface area contributed by atoms with Crippen molar-refractivity contribution in [2.45, 2.75) is 25.7 Å². The molecule has 1 N–H and O–H groups in total. The molecule has 0 atom stereocenters. The lowest BCUT2D eigenvalue weighted by molar-refractivity contribution is 0.272. The van der Waals surface area contributed by atoms with Crippen LogP contribution in [0.5, 0.6) is 11.5 Å². The van der Waals surface area contributed by atoms with Gasteiger partial charge in [-0.1, -0.05) is 12.1 Å². The number of aliphatic hydroxyl groups is 1. The van der Waals surface area contributed by atoms with Crippen molar-refractivity contribution in [2.24, 2.45) is 5.92 Å². The van der Waals surface area contributed by atoms with E-state index in [-0.39, 0.29) is 6.61 Å². The average Bonchev–Trinajstić information content (AvgIpc) is 3.18. The number of methoxy groups -OCH3 is 1. The van der Waals surface area contributed by atoms with Crippen LogP contribution in [0.1, 0.15) is 24.8 Å². The molecule has 1 aromatic carbocycles. The summed E-state index contributed by atoms with van der Waals surface area (Å²) >= 11 is 0. The minimum atomic E-state index is 0.208. The van der Waals surface area contributed by atoms with Crippen LogP contribution in [0, 0.1) is 5.92 Å². The molecule has 0 aromatic heterocycles. The quantitative estimate of drug-likeness (QED) is 0.790. The standard InChI is InChI=1S/C14H20O3/c1-16-13-6-2-4-12(5-3-9-15)14(13)17-10-11-7-8-11/h2,4,6,11,15H,3,5,7-10H2,1H3. The maximum atomic E-state index is 8.90. The number of aryl methyl sites for hydroxylation is 1. The van der Waals surface area contributed by atoms with E-state index in [4.69, 9.17) is 14.6 Å². The molecule has 1 saturated carbocycles. The Hall–Kier alpha value is -1.22. The number of para-hydroxylation sites is 1. The first kappa shape index (κ1) is 12.2. The van der Waals surface area contributed by atoms with Crippen molar-refractivity contribution in [3.05, 3.63) is 23.8 Å². The number of ether oxygens (including phenoxy) is 2. The van der Waals surface area contributed by atoms with Crippen LogP contribution < -0.4 is 9.47 Å². The average molecular weight is 236 g/mol. The van der Waals surface area contributed by atoms with Gasteiger partial charge in [0.25, 0.3) is 0 Å². The van der Waals surface area contributed by atoms with E-state index >= 15 is 0 Å². The van der Waals surface area contributed by atoms with Crippen LogP contribution in [0.15, 0.2) is 18.2 Å². The van der Waals surface area contributed by atoms with Gasteiger partial charge in [0.1, 0.15) is 0 Å². The van der Waals surface area contributed by atoms with E-state index in [1.54, 1.807) is 7.11 Å². The zero-order chi connectivity index (χ0) is 12.1. The smallest absolute Gasteiger partial charge is 0.164 e. The molecule has 2 rings (SSSR count). The maximum Gasteiger partial charge on any atom is 0.164 e. The Bertz CT molecular complexity index is 358. The van der Waals surface area contributed by atoms with Gasteiger partial charge in [0, 0.05) is 6.61 Å². The molecule has 1 fully saturated rings. The molecule has 1 aromatic rings. The molecule has 1 aliphatic rings. The third-order valence-corrected chi connectivity index (χ3v) is 3.04.